The van der Waals surface area contributed by atoms with Crippen LogP contribution in [0.1, 0.15) is 12.8 Å². The van der Waals surface area contributed by atoms with Crippen LogP contribution in [-0.4, -0.2) is 78.9 Å². The van der Waals surface area contributed by atoms with E-state index in [2.05, 4.69) is 4.90 Å². The Balaban J connectivity index is 2.09. The standard InChI is InChI=1S/C12H24N2O4/c1-17-7-8-3-2-4-14(8)11-9(5-13)18-10(6-15)12(11)16/h8-12,15-16H,2-7,13H2,1H3/t8-,9-,10+,11-,12+/m1/s1. The van der Waals surface area contributed by atoms with Crippen molar-refractivity contribution in [3.63, 3.8) is 0 Å². The molecule has 0 bridgehead atoms. The van der Waals surface area contributed by atoms with Gasteiger partial charge in [0.1, 0.15) is 12.2 Å². The quantitative estimate of drug-likeness (QED) is 0.560. The van der Waals surface area contributed by atoms with Crippen LogP contribution in [0.4, 0.5) is 0 Å². The number of hydrogen-bond acceptors (Lipinski definition) is 6. The van der Waals surface area contributed by atoms with Gasteiger partial charge in [-0.15, -0.1) is 0 Å². The SMILES string of the molecule is COC[C@H]1CCCN1[C@H]1[C@@H](O)[C@H](CO)O[C@@H]1CN. The van der Waals surface area contributed by atoms with E-state index in [1.807, 2.05) is 0 Å². The molecular weight excluding hydrogens is 236 g/mol. The Kier molecular flexibility index (Phi) is 4.94. The number of nitrogens with zero attached hydrogens (tertiary/aromatic N) is 1. The van der Waals surface area contributed by atoms with Crippen LogP contribution in [0.3, 0.4) is 0 Å². The van der Waals surface area contributed by atoms with Gasteiger partial charge in [0.05, 0.1) is 25.4 Å². The lowest BCUT2D eigenvalue weighted by Gasteiger charge is -2.34. The monoisotopic (exact) mass is 260 g/mol. The van der Waals surface area contributed by atoms with Crippen LogP contribution in [0.15, 0.2) is 0 Å². The largest absolute Gasteiger partial charge is 0.394 e. The van der Waals surface area contributed by atoms with E-state index in [1.54, 1.807) is 7.11 Å². The van der Waals surface area contributed by atoms with Gasteiger partial charge in [0.15, 0.2) is 0 Å². The van der Waals surface area contributed by atoms with Crippen LogP contribution < -0.4 is 5.73 Å². The molecule has 0 aromatic heterocycles. The van der Waals surface area contributed by atoms with E-state index in [0.717, 1.165) is 19.4 Å². The second-order valence-corrected chi connectivity index (χ2v) is 5.10. The highest BCUT2D eigenvalue weighted by molar-refractivity contribution is 5.00. The second-order valence-electron chi connectivity index (χ2n) is 5.10. The normalized spacial score (nSPS) is 41.7. The van der Waals surface area contributed by atoms with Crippen LogP contribution in [0.5, 0.6) is 0 Å². The third kappa shape index (κ3) is 2.54. The molecule has 0 amide bonds. The summed E-state index contributed by atoms with van der Waals surface area (Å²) in [5, 5.41) is 19.5. The van der Waals surface area contributed by atoms with Crippen LogP contribution in [0.25, 0.3) is 0 Å². The van der Waals surface area contributed by atoms with Crippen LogP contribution in [0, 0.1) is 0 Å². The molecular formula is C12H24N2O4. The number of likely N-dealkylation sites (tertiary alicyclic amines) is 1. The summed E-state index contributed by atoms with van der Waals surface area (Å²) >= 11 is 0. The lowest BCUT2D eigenvalue weighted by Crippen LogP contribution is -2.52. The highest BCUT2D eigenvalue weighted by atomic mass is 16.5. The molecule has 18 heavy (non-hydrogen) atoms. The Hall–Kier alpha value is -0.240. The van der Waals surface area contributed by atoms with Gasteiger partial charge in [0, 0.05) is 19.7 Å². The molecule has 0 unspecified atom stereocenters. The number of aliphatic hydroxyl groups excluding tert-OH is 2. The van der Waals surface area contributed by atoms with Crippen molar-refractivity contribution in [3.05, 3.63) is 0 Å². The molecule has 0 radical (unpaired) electrons. The molecule has 2 heterocycles. The first kappa shape index (κ1) is 14.2. The predicted octanol–water partition coefficient (Wildman–Crippen LogP) is -1.45. The molecule has 2 fully saturated rings. The average molecular weight is 260 g/mol. The minimum absolute atomic E-state index is 0.130. The number of hydrogen-bond donors (Lipinski definition) is 3. The maximum Gasteiger partial charge on any atom is 0.109 e. The number of nitrogens with two attached hydrogens (primary N) is 1. The highest BCUT2D eigenvalue weighted by Gasteiger charge is 2.48. The van der Waals surface area contributed by atoms with Crippen LogP contribution >= 0.6 is 0 Å². The fourth-order valence-corrected chi connectivity index (χ4v) is 3.20. The molecule has 2 aliphatic heterocycles. The number of rotatable bonds is 5. The van der Waals surface area contributed by atoms with E-state index < -0.39 is 12.2 Å². The topological polar surface area (TPSA) is 88.2 Å². The first-order valence-corrected chi connectivity index (χ1v) is 6.62. The van der Waals surface area contributed by atoms with Crippen molar-refractivity contribution in [1.29, 1.82) is 0 Å². The molecule has 0 spiro atoms. The van der Waals surface area contributed by atoms with Crippen molar-refractivity contribution in [1.82, 2.24) is 4.90 Å². The van der Waals surface area contributed by atoms with Gasteiger partial charge in [-0.3, -0.25) is 4.90 Å². The summed E-state index contributed by atoms with van der Waals surface area (Å²) in [5.41, 5.74) is 5.71. The molecule has 0 aromatic rings. The summed E-state index contributed by atoms with van der Waals surface area (Å²) in [4.78, 5) is 2.24. The van der Waals surface area contributed by atoms with Gasteiger partial charge < -0.3 is 25.4 Å². The number of aliphatic hydroxyl groups is 2. The van der Waals surface area contributed by atoms with Crippen molar-refractivity contribution in [3.8, 4) is 0 Å². The van der Waals surface area contributed by atoms with Crippen LogP contribution in [0.2, 0.25) is 0 Å². The molecule has 0 saturated carbocycles. The Morgan fingerprint density at radius 3 is 2.83 bits per heavy atom. The molecule has 2 saturated heterocycles. The van der Waals surface area contributed by atoms with Gasteiger partial charge in [-0.2, -0.15) is 0 Å². The van der Waals surface area contributed by atoms with E-state index in [4.69, 9.17) is 15.2 Å². The zero-order chi connectivity index (χ0) is 13.1. The summed E-state index contributed by atoms with van der Waals surface area (Å²) in [6.45, 7) is 1.77. The first-order chi connectivity index (χ1) is 8.72. The Morgan fingerprint density at radius 1 is 1.44 bits per heavy atom. The lowest BCUT2D eigenvalue weighted by atomic mass is 10.0. The van der Waals surface area contributed by atoms with Gasteiger partial charge >= 0.3 is 0 Å². The Morgan fingerprint density at radius 2 is 2.22 bits per heavy atom. The second kappa shape index (κ2) is 6.27. The third-order valence-corrected chi connectivity index (χ3v) is 4.04. The van der Waals surface area contributed by atoms with Gasteiger partial charge in [-0.05, 0) is 19.4 Å². The molecule has 0 aromatic carbocycles. The summed E-state index contributed by atoms with van der Waals surface area (Å²) in [7, 11) is 1.69. The van der Waals surface area contributed by atoms with E-state index in [1.165, 1.54) is 0 Å². The molecule has 0 aliphatic carbocycles. The molecule has 2 rings (SSSR count). The van der Waals surface area contributed by atoms with Gasteiger partial charge in [-0.1, -0.05) is 0 Å². The zero-order valence-electron chi connectivity index (χ0n) is 10.9. The molecule has 5 atom stereocenters. The maximum absolute atomic E-state index is 10.3. The van der Waals surface area contributed by atoms with Crippen LogP contribution in [-0.2, 0) is 9.47 Å². The maximum atomic E-state index is 10.3. The fourth-order valence-electron chi connectivity index (χ4n) is 3.20. The van der Waals surface area contributed by atoms with E-state index in [0.29, 0.717) is 19.2 Å². The Labute approximate surface area is 108 Å². The Bertz CT molecular complexity index is 264. The zero-order valence-corrected chi connectivity index (χ0v) is 10.9. The van der Waals surface area contributed by atoms with E-state index >= 15 is 0 Å². The summed E-state index contributed by atoms with van der Waals surface area (Å²) in [6.07, 6.45) is 0.749. The van der Waals surface area contributed by atoms with Gasteiger partial charge in [0.2, 0.25) is 0 Å². The fraction of sp³-hybridized carbons (Fsp3) is 1.00. The van der Waals surface area contributed by atoms with Crippen molar-refractivity contribution in [2.75, 3.05) is 33.4 Å². The lowest BCUT2D eigenvalue weighted by molar-refractivity contribution is -0.0193. The van der Waals surface area contributed by atoms with E-state index in [9.17, 15) is 10.2 Å². The highest BCUT2D eigenvalue weighted by Crippen LogP contribution is 2.31. The van der Waals surface area contributed by atoms with Crippen molar-refractivity contribution in [2.24, 2.45) is 5.73 Å². The first-order valence-electron chi connectivity index (χ1n) is 6.62. The molecule has 6 nitrogen and oxygen atoms in total. The number of ether oxygens (including phenoxy) is 2. The minimum atomic E-state index is -0.680. The molecule has 6 heteroatoms. The smallest absolute Gasteiger partial charge is 0.109 e. The number of methoxy groups -OCH3 is 1. The van der Waals surface area contributed by atoms with Gasteiger partial charge in [0.25, 0.3) is 0 Å². The van der Waals surface area contributed by atoms with Crippen molar-refractivity contribution < 1.29 is 19.7 Å². The molecule has 2 aliphatic rings. The summed E-state index contributed by atoms with van der Waals surface area (Å²) < 4.78 is 10.8. The van der Waals surface area contributed by atoms with Crippen molar-refractivity contribution >= 4 is 0 Å². The third-order valence-electron chi connectivity index (χ3n) is 4.04. The molecule has 106 valence electrons. The van der Waals surface area contributed by atoms with Crippen molar-refractivity contribution in [2.45, 2.75) is 43.2 Å². The summed E-state index contributed by atoms with van der Waals surface area (Å²) in [5.74, 6) is 0. The average Bonchev–Trinajstić information content (AvgIpc) is 2.93. The minimum Gasteiger partial charge on any atom is -0.394 e. The predicted molar refractivity (Wildman–Crippen MR) is 66.2 cm³/mol. The molecule has 4 N–H and O–H groups in total. The summed E-state index contributed by atoms with van der Waals surface area (Å²) in [6, 6.07) is 0.180. The van der Waals surface area contributed by atoms with E-state index in [-0.39, 0.29) is 18.8 Å². The van der Waals surface area contributed by atoms with Gasteiger partial charge in [-0.25, -0.2) is 0 Å².